The van der Waals surface area contributed by atoms with Gasteiger partial charge in [0.05, 0.1) is 29.0 Å². The molecule has 7 heteroatoms. The van der Waals surface area contributed by atoms with Gasteiger partial charge in [0.1, 0.15) is 5.01 Å². The van der Waals surface area contributed by atoms with Crippen LogP contribution in [0.5, 0.6) is 0 Å². The molecule has 6 nitrogen and oxygen atoms in total. The normalized spacial score (nSPS) is 21.8. The zero-order chi connectivity index (χ0) is 16.9. The molecule has 1 saturated heterocycles. The highest BCUT2D eigenvalue weighted by molar-refractivity contribution is 7.18. The third-order valence-corrected chi connectivity index (χ3v) is 4.98. The number of morpholine rings is 1. The Morgan fingerprint density at radius 3 is 2.79 bits per heavy atom. The van der Waals surface area contributed by atoms with Crippen molar-refractivity contribution in [3.8, 4) is 0 Å². The molecular weight excluding hydrogens is 324 g/mol. The van der Waals surface area contributed by atoms with E-state index in [1.165, 1.54) is 0 Å². The maximum Gasteiger partial charge on any atom is 0.315 e. The fraction of sp³-hybridized carbons (Fsp3) is 0.529. The Labute approximate surface area is 146 Å². The van der Waals surface area contributed by atoms with Gasteiger partial charge in [0, 0.05) is 26.2 Å². The maximum absolute atomic E-state index is 11.9. The van der Waals surface area contributed by atoms with Crippen molar-refractivity contribution in [3.63, 3.8) is 0 Å². The zero-order valence-corrected chi connectivity index (χ0v) is 14.9. The highest BCUT2D eigenvalue weighted by Crippen LogP contribution is 2.21. The number of rotatable bonds is 5. The van der Waals surface area contributed by atoms with E-state index in [1.54, 1.807) is 11.3 Å². The molecule has 2 atom stereocenters. The summed E-state index contributed by atoms with van der Waals surface area (Å²) in [4.78, 5) is 18.7. The number of para-hydroxylation sites is 1. The predicted molar refractivity (Wildman–Crippen MR) is 96.3 cm³/mol. The van der Waals surface area contributed by atoms with E-state index >= 15 is 0 Å². The third-order valence-electron chi connectivity index (χ3n) is 3.95. The number of nitrogens with one attached hydrogen (secondary N) is 2. The standard InChI is InChI=1S/C17H24N4O2S/c1-12-10-21(11-13(2)23-12)8-7-18-17(22)19-9-16-20-14-5-3-4-6-15(14)24-16/h3-6,12-13H,7-11H2,1-2H3,(H2,18,19,22)/t12-,13+. The lowest BCUT2D eigenvalue weighted by atomic mass is 10.2. The number of fused-ring (bicyclic) bond motifs is 1. The summed E-state index contributed by atoms with van der Waals surface area (Å²) in [6.07, 6.45) is 0.503. The fourth-order valence-corrected chi connectivity index (χ4v) is 3.92. The topological polar surface area (TPSA) is 66.5 Å². The van der Waals surface area contributed by atoms with Crippen molar-refractivity contribution in [1.29, 1.82) is 0 Å². The second-order valence-electron chi connectivity index (χ2n) is 6.20. The first kappa shape index (κ1) is 17.1. The van der Waals surface area contributed by atoms with Crippen LogP contribution in [0.4, 0.5) is 4.79 Å². The number of aromatic nitrogens is 1. The number of hydrogen-bond acceptors (Lipinski definition) is 5. The summed E-state index contributed by atoms with van der Waals surface area (Å²) < 4.78 is 6.85. The Kier molecular flexibility index (Phi) is 5.65. The molecule has 1 aromatic heterocycles. The molecule has 24 heavy (non-hydrogen) atoms. The van der Waals surface area contributed by atoms with Crippen molar-refractivity contribution in [3.05, 3.63) is 29.3 Å². The molecular formula is C17H24N4O2S. The number of carbonyl (C=O) groups is 1. The van der Waals surface area contributed by atoms with Gasteiger partial charge in [-0.2, -0.15) is 0 Å². The van der Waals surface area contributed by atoms with E-state index in [4.69, 9.17) is 4.74 Å². The van der Waals surface area contributed by atoms with Crippen LogP contribution in [-0.2, 0) is 11.3 Å². The highest BCUT2D eigenvalue weighted by atomic mass is 32.1. The Hall–Kier alpha value is -1.70. The van der Waals surface area contributed by atoms with Crippen molar-refractivity contribution in [2.45, 2.75) is 32.6 Å². The molecule has 1 aliphatic rings. The molecule has 1 fully saturated rings. The molecule has 0 radical (unpaired) electrons. The van der Waals surface area contributed by atoms with Gasteiger partial charge in [-0.05, 0) is 26.0 Å². The summed E-state index contributed by atoms with van der Waals surface area (Å²) >= 11 is 1.61. The average molecular weight is 348 g/mol. The molecule has 130 valence electrons. The van der Waals surface area contributed by atoms with Crippen LogP contribution in [0, 0.1) is 0 Å². The minimum Gasteiger partial charge on any atom is -0.373 e. The van der Waals surface area contributed by atoms with Crippen molar-refractivity contribution < 1.29 is 9.53 Å². The second-order valence-corrected chi connectivity index (χ2v) is 7.32. The van der Waals surface area contributed by atoms with Crippen LogP contribution < -0.4 is 10.6 Å². The van der Waals surface area contributed by atoms with Crippen LogP contribution in [0.1, 0.15) is 18.9 Å². The number of urea groups is 1. The Bertz CT molecular complexity index is 647. The monoisotopic (exact) mass is 348 g/mol. The van der Waals surface area contributed by atoms with Crippen LogP contribution in [0.15, 0.2) is 24.3 Å². The van der Waals surface area contributed by atoms with E-state index in [1.807, 2.05) is 24.3 Å². The number of benzene rings is 1. The van der Waals surface area contributed by atoms with Gasteiger partial charge in [-0.25, -0.2) is 9.78 Å². The maximum atomic E-state index is 11.9. The first-order valence-corrected chi connectivity index (χ1v) is 9.16. The molecule has 3 rings (SSSR count). The molecule has 2 aromatic rings. The smallest absolute Gasteiger partial charge is 0.315 e. The molecule has 1 aliphatic heterocycles. The second kappa shape index (κ2) is 7.92. The summed E-state index contributed by atoms with van der Waals surface area (Å²) in [6.45, 7) is 7.93. The summed E-state index contributed by atoms with van der Waals surface area (Å²) in [7, 11) is 0. The summed E-state index contributed by atoms with van der Waals surface area (Å²) in [6, 6.07) is 7.85. The SMILES string of the molecule is C[C@@H]1CN(CCNC(=O)NCc2nc3ccccc3s2)C[C@H](C)O1. The van der Waals surface area contributed by atoms with Gasteiger partial charge < -0.3 is 15.4 Å². The first-order valence-electron chi connectivity index (χ1n) is 8.34. The van der Waals surface area contributed by atoms with Gasteiger partial charge in [0.2, 0.25) is 0 Å². The molecule has 0 bridgehead atoms. The number of nitrogens with zero attached hydrogens (tertiary/aromatic N) is 2. The van der Waals surface area contributed by atoms with E-state index in [2.05, 4.69) is 34.4 Å². The molecule has 0 aliphatic carbocycles. The van der Waals surface area contributed by atoms with E-state index in [9.17, 15) is 4.79 Å². The average Bonchev–Trinajstić information content (AvgIpc) is 2.95. The van der Waals surface area contributed by atoms with Gasteiger partial charge in [0.25, 0.3) is 0 Å². The molecule has 0 saturated carbocycles. The van der Waals surface area contributed by atoms with Gasteiger partial charge in [0.15, 0.2) is 0 Å². The Balaban J connectivity index is 1.38. The molecule has 2 heterocycles. The van der Waals surface area contributed by atoms with Crippen LogP contribution in [0.25, 0.3) is 10.2 Å². The van der Waals surface area contributed by atoms with Crippen LogP contribution in [0.3, 0.4) is 0 Å². The fourth-order valence-electron chi connectivity index (χ4n) is 3.01. The summed E-state index contributed by atoms with van der Waals surface area (Å²) in [5, 5.41) is 6.70. The molecule has 0 spiro atoms. The van der Waals surface area contributed by atoms with Gasteiger partial charge in [-0.3, -0.25) is 4.90 Å². The van der Waals surface area contributed by atoms with Crippen molar-refractivity contribution >= 4 is 27.6 Å². The molecule has 0 unspecified atom stereocenters. The lowest BCUT2D eigenvalue weighted by Gasteiger charge is -2.35. The third kappa shape index (κ3) is 4.66. The number of amides is 2. The molecule has 2 N–H and O–H groups in total. The van der Waals surface area contributed by atoms with Crippen LogP contribution in [0.2, 0.25) is 0 Å². The predicted octanol–water partition coefficient (Wildman–Crippen LogP) is 2.20. The minimum atomic E-state index is -0.149. The van der Waals surface area contributed by atoms with Crippen molar-refractivity contribution in [2.24, 2.45) is 0 Å². The first-order chi connectivity index (χ1) is 11.6. The van der Waals surface area contributed by atoms with E-state index in [0.29, 0.717) is 13.1 Å². The van der Waals surface area contributed by atoms with Crippen molar-refractivity contribution in [1.82, 2.24) is 20.5 Å². The van der Waals surface area contributed by atoms with Gasteiger partial charge in [-0.1, -0.05) is 12.1 Å². The molecule has 2 amide bonds. The minimum absolute atomic E-state index is 0.149. The van der Waals surface area contributed by atoms with Crippen LogP contribution in [-0.4, -0.2) is 54.3 Å². The largest absolute Gasteiger partial charge is 0.373 e. The van der Waals surface area contributed by atoms with E-state index in [0.717, 1.165) is 34.9 Å². The number of hydrogen-bond donors (Lipinski definition) is 2. The lowest BCUT2D eigenvalue weighted by molar-refractivity contribution is -0.0672. The number of thiazole rings is 1. The van der Waals surface area contributed by atoms with E-state index < -0.39 is 0 Å². The van der Waals surface area contributed by atoms with Gasteiger partial charge in [-0.15, -0.1) is 11.3 Å². The van der Waals surface area contributed by atoms with E-state index in [-0.39, 0.29) is 18.2 Å². The summed E-state index contributed by atoms with van der Waals surface area (Å²) in [5.41, 5.74) is 0.982. The summed E-state index contributed by atoms with van der Waals surface area (Å²) in [5.74, 6) is 0. The number of ether oxygens (including phenoxy) is 1. The highest BCUT2D eigenvalue weighted by Gasteiger charge is 2.21. The molecule has 1 aromatic carbocycles. The Morgan fingerprint density at radius 2 is 2.04 bits per heavy atom. The zero-order valence-electron chi connectivity index (χ0n) is 14.1. The lowest BCUT2D eigenvalue weighted by Crippen LogP contribution is -2.48. The number of carbonyl (C=O) groups excluding carboxylic acids is 1. The van der Waals surface area contributed by atoms with Crippen molar-refractivity contribution in [2.75, 3.05) is 26.2 Å². The van der Waals surface area contributed by atoms with Crippen LogP contribution >= 0.6 is 11.3 Å². The Morgan fingerprint density at radius 1 is 1.29 bits per heavy atom. The quantitative estimate of drug-likeness (QED) is 0.869. The van der Waals surface area contributed by atoms with Gasteiger partial charge >= 0.3 is 6.03 Å².